The summed E-state index contributed by atoms with van der Waals surface area (Å²) in [6.45, 7) is 0.323. The Morgan fingerprint density at radius 2 is 1.93 bits per heavy atom. The van der Waals surface area contributed by atoms with Crippen LogP contribution in [0.5, 0.6) is 0 Å². The van der Waals surface area contributed by atoms with Crippen molar-refractivity contribution in [3.05, 3.63) is 68.8 Å². The summed E-state index contributed by atoms with van der Waals surface area (Å²) in [6.07, 6.45) is 4.80. The van der Waals surface area contributed by atoms with Gasteiger partial charge in [0.15, 0.2) is 11.3 Å². The molecule has 0 aliphatic rings. The summed E-state index contributed by atoms with van der Waals surface area (Å²) in [5, 5.41) is 12.1. The van der Waals surface area contributed by atoms with Gasteiger partial charge in [0.25, 0.3) is 5.91 Å². The topological polar surface area (TPSA) is 90.0 Å². The summed E-state index contributed by atoms with van der Waals surface area (Å²) in [5.74, 6) is -0.319. The molecule has 0 saturated carbocycles. The predicted octanol–water partition coefficient (Wildman–Crippen LogP) is 3.69. The first-order valence-corrected chi connectivity index (χ1v) is 9.20. The van der Waals surface area contributed by atoms with Crippen LogP contribution in [0.15, 0.2) is 47.5 Å². The number of nitrogens with zero attached hydrogens (tertiary/aromatic N) is 6. The van der Waals surface area contributed by atoms with Gasteiger partial charge in [0, 0.05) is 28.0 Å². The van der Waals surface area contributed by atoms with Crippen molar-refractivity contribution in [2.75, 3.05) is 5.32 Å². The molecule has 4 rings (SSSR count). The van der Waals surface area contributed by atoms with Gasteiger partial charge in [-0.05, 0) is 34.1 Å². The molecule has 8 nitrogen and oxygen atoms in total. The molecule has 4 aromatic rings. The highest BCUT2D eigenvalue weighted by Crippen LogP contribution is 2.25. The summed E-state index contributed by atoms with van der Waals surface area (Å²) in [4.78, 5) is 20.8. The minimum Gasteiger partial charge on any atom is -0.288 e. The fraction of sp³-hybridized carbons (Fsp3) is 0.0625. The zero-order valence-electron chi connectivity index (χ0n) is 13.5. The van der Waals surface area contributed by atoms with Crippen LogP contribution in [-0.4, -0.2) is 35.3 Å². The molecule has 0 radical (unpaired) electrons. The summed E-state index contributed by atoms with van der Waals surface area (Å²) in [6, 6.07) is 6.98. The van der Waals surface area contributed by atoms with E-state index < -0.39 is 5.91 Å². The average molecular weight is 467 g/mol. The van der Waals surface area contributed by atoms with Crippen molar-refractivity contribution < 1.29 is 4.79 Å². The number of halogens is 3. The maximum Gasteiger partial charge on any atom is 0.279 e. The van der Waals surface area contributed by atoms with Gasteiger partial charge in [-0.1, -0.05) is 29.3 Å². The molecule has 1 N–H and O–H groups in total. The molecule has 0 fully saturated rings. The molecule has 0 saturated heterocycles. The Morgan fingerprint density at radius 3 is 2.67 bits per heavy atom. The molecule has 27 heavy (non-hydrogen) atoms. The molecule has 0 atom stereocenters. The maximum atomic E-state index is 12.5. The van der Waals surface area contributed by atoms with Crippen LogP contribution in [0.4, 0.5) is 5.95 Å². The van der Waals surface area contributed by atoms with Crippen LogP contribution in [-0.2, 0) is 6.54 Å². The first-order chi connectivity index (χ1) is 13.0. The van der Waals surface area contributed by atoms with Crippen molar-refractivity contribution >= 4 is 56.6 Å². The molecule has 0 spiro atoms. The average Bonchev–Trinajstić information content (AvgIpc) is 3.23. The van der Waals surface area contributed by atoms with Crippen molar-refractivity contribution in [1.82, 2.24) is 29.4 Å². The highest BCUT2D eigenvalue weighted by Gasteiger charge is 2.19. The third-order valence-electron chi connectivity index (χ3n) is 3.70. The van der Waals surface area contributed by atoms with Crippen LogP contribution in [0, 0.1) is 0 Å². The van der Waals surface area contributed by atoms with Crippen LogP contribution in [0.1, 0.15) is 16.1 Å². The molecule has 3 heterocycles. The van der Waals surface area contributed by atoms with Crippen molar-refractivity contribution in [3.8, 4) is 0 Å². The Bertz CT molecular complexity index is 1140. The zero-order valence-corrected chi connectivity index (χ0v) is 16.6. The van der Waals surface area contributed by atoms with Crippen LogP contribution < -0.4 is 5.32 Å². The lowest BCUT2D eigenvalue weighted by Crippen LogP contribution is -2.15. The molecule has 0 unspecified atom stereocenters. The number of amides is 1. The zero-order chi connectivity index (χ0) is 19.0. The second-order valence-corrected chi connectivity index (χ2v) is 7.08. The van der Waals surface area contributed by atoms with E-state index in [0.717, 1.165) is 5.56 Å². The first kappa shape index (κ1) is 17.9. The molecule has 3 aromatic heterocycles. The second kappa shape index (κ2) is 7.26. The minimum absolute atomic E-state index is 0.139. The molecule has 0 aliphatic carbocycles. The Labute approximate surface area is 171 Å². The van der Waals surface area contributed by atoms with E-state index >= 15 is 0 Å². The number of carbonyl (C=O) groups excluding carboxylic acids is 1. The van der Waals surface area contributed by atoms with Crippen molar-refractivity contribution in [2.45, 2.75) is 6.54 Å². The normalized spacial score (nSPS) is 11.1. The Morgan fingerprint density at radius 1 is 1.15 bits per heavy atom. The van der Waals surface area contributed by atoms with Gasteiger partial charge in [-0.3, -0.25) is 10.1 Å². The first-order valence-electron chi connectivity index (χ1n) is 7.65. The summed E-state index contributed by atoms with van der Waals surface area (Å²) in [7, 11) is 0. The largest absolute Gasteiger partial charge is 0.288 e. The number of aromatic nitrogens is 6. The van der Waals surface area contributed by atoms with E-state index in [1.165, 1.54) is 15.5 Å². The fourth-order valence-corrected chi connectivity index (χ4v) is 3.50. The van der Waals surface area contributed by atoms with Gasteiger partial charge in [0.2, 0.25) is 5.95 Å². The molecule has 1 amide bonds. The Balaban J connectivity index is 1.53. The minimum atomic E-state index is -0.457. The van der Waals surface area contributed by atoms with Crippen molar-refractivity contribution in [3.63, 3.8) is 0 Å². The Hall–Kier alpha value is -2.49. The van der Waals surface area contributed by atoms with E-state index in [0.29, 0.717) is 26.7 Å². The molecule has 136 valence electrons. The van der Waals surface area contributed by atoms with Crippen LogP contribution in [0.25, 0.3) is 5.65 Å². The van der Waals surface area contributed by atoms with Gasteiger partial charge in [-0.25, -0.2) is 19.2 Å². The standard InChI is InChI=1S/C16H10BrCl2N7O/c17-12-13(23-26-6-2-5-20-14(12)26)15(27)22-16-21-8-25(24-16)7-9-10(18)3-1-4-11(9)19/h1-6,8H,7H2,(H,22,24,27). The molecule has 0 aliphatic heterocycles. The predicted molar refractivity (Wildman–Crippen MR) is 104 cm³/mol. The second-order valence-electron chi connectivity index (χ2n) is 5.47. The summed E-state index contributed by atoms with van der Waals surface area (Å²) < 4.78 is 3.52. The van der Waals surface area contributed by atoms with Gasteiger partial charge >= 0.3 is 0 Å². The molecule has 0 bridgehead atoms. The van der Waals surface area contributed by atoms with Gasteiger partial charge < -0.3 is 0 Å². The lowest BCUT2D eigenvalue weighted by atomic mass is 10.2. The third-order valence-corrected chi connectivity index (χ3v) is 5.14. The number of carbonyl (C=O) groups is 1. The lowest BCUT2D eigenvalue weighted by Gasteiger charge is -2.06. The summed E-state index contributed by atoms with van der Waals surface area (Å²) >= 11 is 15.7. The van der Waals surface area contributed by atoms with E-state index in [2.05, 4.69) is 41.4 Å². The SMILES string of the molecule is O=C(Nc1ncn(Cc2c(Cl)cccc2Cl)n1)c1nn2cccnc2c1Br. The number of benzene rings is 1. The van der Waals surface area contributed by atoms with E-state index in [1.807, 2.05) is 0 Å². The number of hydrogen-bond acceptors (Lipinski definition) is 5. The van der Waals surface area contributed by atoms with Gasteiger partial charge in [0.05, 0.1) is 11.0 Å². The van der Waals surface area contributed by atoms with Gasteiger partial charge in [-0.15, -0.1) is 5.10 Å². The number of anilines is 1. The van der Waals surface area contributed by atoms with Gasteiger partial charge in [0.1, 0.15) is 6.33 Å². The van der Waals surface area contributed by atoms with E-state index in [9.17, 15) is 4.79 Å². The summed E-state index contributed by atoms with van der Waals surface area (Å²) in [5.41, 5.74) is 1.44. The monoisotopic (exact) mass is 465 g/mol. The fourth-order valence-electron chi connectivity index (χ4n) is 2.44. The van der Waals surface area contributed by atoms with Crippen LogP contribution >= 0.6 is 39.1 Å². The molecule has 1 aromatic carbocycles. The molecular formula is C16H10BrCl2N7O. The third kappa shape index (κ3) is 3.53. The van der Waals surface area contributed by atoms with Crippen molar-refractivity contribution in [2.24, 2.45) is 0 Å². The maximum absolute atomic E-state index is 12.5. The highest BCUT2D eigenvalue weighted by atomic mass is 79.9. The van der Waals surface area contributed by atoms with E-state index in [-0.39, 0.29) is 11.6 Å². The molecular weight excluding hydrogens is 457 g/mol. The highest BCUT2D eigenvalue weighted by molar-refractivity contribution is 9.10. The van der Waals surface area contributed by atoms with Gasteiger partial charge in [-0.2, -0.15) is 5.10 Å². The van der Waals surface area contributed by atoms with Crippen LogP contribution in [0.2, 0.25) is 10.0 Å². The molecule has 11 heteroatoms. The smallest absolute Gasteiger partial charge is 0.279 e. The lowest BCUT2D eigenvalue weighted by molar-refractivity contribution is 0.102. The number of nitrogens with one attached hydrogen (secondary N) is 1. The van der Waals surface area contributed by atoms with E-state index in [4.69, 9.17) is 23.2 Å². The number of hydrogen-bond donors (Lipinski definition) is 1. The number of fused-ring (bicyclic) bond motifs is 1. The Kier molecular flexibility index (Phi) is 4.81. The van der Waals surface area contributed by atoms with Crippen molar-refractivity contribution in [1.29, 1.82) is 0 Å². The quantitative estimate of drug-likeness (QED) is 0.495. The number of rotatable bonds is 4. The van der Waals surface area contributed by atoms with Crippen LogP contribution in [0.3, 0.4) is 0 Å². The van der Waals surface area contributed by atoms with E-state index in [1.54, 1.807) is 36.7 Å².